The second-order valence-electron chi connectivity index (χ2n) is 5.31. The van der Waals surface area contributed by atoms with E-state index in [-0.39, 0.29) is 11.8 Å². The van der Waals surface area contributed by atoms with Gasteiger partial charge in [0.05, 0.1) is 6.42 Å². The zero-order valence-corrected chi connectivity index (χ0v) is 13.1. The number of rotatable bonds is 4. The third-order valence-corrected chi connectivity index (χ3v) is 4.54. The Bertz CT molecular complexity index is 665. The molecule has 0 spiro atoms. The van der Waals surface area contributed by atoms with Crippen LogP contribution in [0.15, 0.2) is 28.1 Å². The molecule has 2 aromatic heterocycles. The second kappa shape index (κ2) is 6.31. The number of hydrogen-bond acceptors (Lipinski definition) is 5. The van der Waals surface area contributed by atoms with Gasteiger partial charge >= 0.3 is 0 Å². The fourth-order valence-corrected chi connectivity index (χ4v) is 3.33. The quantitative estimate of drug-likeness (QED) is 0.937. The Kier molecular flexibility index (Phi) is 4.24. The van der Waals surface area contributed by atoms with Crippen molar-refractivity contribution in [3.8, 4) is 0 Å². The summed E-state index contributed by atoms with van der Waals surface area (Å²) in [6.45, 7) is 2.38. The van der Waals surface area contributed by atoms with Crippen LogP contribution in [0.5, 0.6) is 0 Å². The van der Waals surface area contributed by atoms with Gasteiger partial charge in [-0.1, -0.05) is 11.2 Å². The lowest BCUT2D eigenvalue weighted by Crippen LogP contribution is -2.43. The molecule has 2 aromatic rings. The maximum Gasteiger partial charge on any atom is 0.248 e. The summed E-state index contributed by atoms with van der Waals surface area (Å²) < 4.78 is 4.93. The first-order valence-electron chi connectivity index (χ1n) is 7.19. The topological polar surface area (TPSA) is 75.4 Å². The predicted molar refractivity (Wildman–Crippen MR) is 82.6 cm³/mol. The number of carbonyl (C=O) groups excluding carboxylic acids is 2. The Hall–Kier alpha value is -2.15. The summed E-state index contributed by atoms with van der Waals surface area (Å²) in [6.07, 6.45) is 1.87. The molecule has 0 bridgehead atoms. The Labute approximate surface area is 132 Å². The highest BCUT2D eigenvalue weighted by Gasteiger charge is 2.34. The summed E-state index contributed by atoms with van der Waals surface area (Å²) in [7, 11) is 0. The number of amides is 2. The van der Waals surface area contributed by atoms with E-state index in [1.54, 1.807) is 29.2 Å². The lowest BCUT2D eigenvalue weighted by Gasteiger charge is -2.23. The van der Waals surface area contributed by atoms with Gasteiger partial charge in [-0.2, -0.15) is 0 Å². The third-order valence-electron chi connectivity index (χ3n) is 3.66. The van der Waals surface area contributed by atoms with Gasteiger partial charge in [-0.25, -0.2) is 0 Å². The van der Waals surface area contributed by atoms with Gasteiger partial charge in [0.15, 0.2) is 5.82 Å². The van der Waals surface area contributed by atoms with Gasteiger partial charge in [0.1, 0.15) is 11.8 Å². The van der Waals surface area contributed by atoms with Crippen molar-refractivity contribution in [1.82, 2.24) is 10.1 Å². The molecule has 1 N–H and O–H groups in total. The van der Waals surface area contributed by atoms with E-state index in [2.05, 4.69) is 10.5 Å². The van der Waals surface area contributed by atoms with Crippen molar-refractivity contribution >= 4 is 29.0 Å². The Morgan fingerprint density at radius 2 is 2.41 bits per heavy atom. The number of hydrogen-bond donors (Lipinski definition) is 1. The molecule has 2 amide bonds. The Morgan fingerprint density at radius 3 is 3.09 bits per heavy atom. The van der Waals surface area contributed by atoms with Crippen LogP contribution in [0.3, 0.4) is 0 Å². The molecule has 22 heavy (non-hydrogen) atoms. The monoisotopic (exact) mass is 319 g/mol. The molecule has 1 aliphatic rings. The van der Waals surface area contributed by atoms with Crippen molar-refractivity contribution in [3.63, 3.8) is 0 Å². The van der Waals surface area contributed by atoms with Crippen molar-refractivity contribution in [2.45, 2.75) is 32.2 Å². The standard InChI is InChI=1S/C15H17N3O3S/c1-10-8-13(17-21-10)16-15(20)12-5-2-6-18(12)14(19)9-11-4-3-7-22-11/h3-4,7-8,12H,2,5-6,9H2,1H3,(H,16,17,20). The van der Waals surface area contributed by atoms with Gasteiger partial charge in [-0.05, 0) is 31.2 Å². The first-order valence-corrected chi connectivity index (χ1v) is 8.07. The lowest BCUT2D eigenvalue weighted by molar-refractivity contribution is -0.136. The predicted octanol–water partition coefficient (Wildman–Crippen LogP) is 2.22. The first kappa shape index (κ1) is 14.8. The van der Waals surface area contributed by atoms with E-state index in [0.717, 1.165) is 11.3 Å². The minimum Gasteiger partial charge on any atom is -0.360 e. The van der Waals surface area contributed by atoms with Gasteiger partial charge in [0, 0.05) is 17.5 Å². The highest BCUT2D eigenvalue weighted by Crippen LogP contribution is 2.21. The summed E-state index contributed by atoms with van der Waals surface area (Å²) in [6, 6.07) is 5.09. The SMILES string of the molecule is Cc1cc(NC(=O)C2CCCN2C(=O)Cc2cccs2)no1. The van der Waals surface area contributed by atoms with Crippen molar-refractivity contribution < 1.29 is 14.1 Å². The fourth-order valence-electron chi connectivity index (χ4n) is 2.64. The summed E-state index contributed by atoms with van der Waals surface area (Å²) in [5, 5.41) is 8.41. The highest BCUT2D eigenvalue weighted by molar-refractivity contribution is 7.10. The van der Waals surface area contributed by atoms with E-state index in [4.69, 9.17) is 4.52 Å². The number of nitrogens with one attached hydrogen (secondary N) is 1. The number of aromatic nitrogens is 1. The van der Waals surface area contributed by atoms with Crippen molar-refractivity contribution in [2.75, 3.05) is 11.9 Å². The van der Waals surface area contributed by atoms with Gasteiger partial charge in [0.25, 0.3) is 0 Å². The summed E-state index contributed by atoms with van der Waals surface area (Å²) in [5.41, 5.74) is 0. The van der Waals surface area contributed by atoms with Crippen LogP contribution < -0.4 is 5.32 Å². The number of carbonyl (C=O) groups is 2. The van der Waals surface area contributed by atoms with Crippen LogP contribution in [-0.2, 0) is 16.0 Å². The molecular weight excluding hydrogens is 302 g/mol. The molecule has 116 valence electrons. The molecule has 0 aromatic carbocycles. The minimum atomic E-state index is -0.426. The Morgan fingerprint density at radius 1 is 1.55 bits per heavy atom. The van der Waals surface area contributed by atoms with Crippen LogP contribution in [0.4, 0.5) is 5.82 Å². The fraction of sp³-hybridized carbons (Fsp3) is 0.400. The van der Waals surface area contributed by atoms with Crippen molar-refractivity contribution in [3.05, 3.63) is 34.2 Å². The number of nitrogens with zero attached hydrogens (tertiary/aromatic N) is 2. The minimum absolute atomic E-state index is 0.00330. The van der Waals surface area contributed by atoms with Gasteiger partial charge < -0.3 is 14.7 Å². The first-order chi connectivity index (χ1) is 10.6. The molecule has 0 aliphatic carbocycles. The Balaban J connectivity index is 1.64. The highest BCUT2D eigenvalue weighted by atomic mass is 32.1. The van der Waals surface area contributed by atoms with Gasteiger partial charge in [-0.15, -0.1) is 11.3 Å². The number of likely N-dealkylation sites (tertiary alicyclic amines) is 1. The van der Waals surface area contributed by atoms with E-state index in [0.29, 0.717) is 31.0 Å². The van der Waals surface area contributed by atoms with Crippen LogP contribution in [0.25, 0.3) is 0 Å². The van der Waals surface area contributed by atoms with Crippen molar-refractivity contribution in [1.29, 1.82) is 0 Å². The number of thiophene rings is 1. The van der Waals surface area contributed by atoms with E-state index in [9.17, 15) is 9.59 Å². The largest absolute Gasteiger partial charge is 0.360 e. The molecular formula is C15H17N3O3S. The van der Waals surface area contributed by atoms with E-state index < -0.39 is 6.04 Å². The maximum absolute atomic E-state index is 12.4. The van der Waals surface area contributed by atoms with Crippen LogP contribution in [0.1, 0.15) is 23.5 Å². The lowest BCUT2D eigenvalue weighted by atomic mass is 10.2. The molecule has 3 heterocycles. The van der Waals surface area contributed by atoms with Crippen LogP contribution in [0, 0.1) is 6.92 Å². The van der Waals surface area contributed by atoms with E-state index in [1.807, 2.05) is 17.5 Å². The zero-order chi connectivity index (χ0) is 15.5. The molecule has 1 atom stereocenters. The molecule has 1 unspecified atom stereocenters. The smallest absolute Gasteiger partial charge is 0.248 e. The second-order valence-corrected chi connectivity index (χ2v) is 6.35. The molecule has 1 saturated heterocycles. The summed E-state index contributed by atoms with van der Waals surface area (Å²) >= 11 is 1.55. The van der Waals surface area contributed by atoms with E-state index >= 15 is 0 Å². The van der Waals surface area contributed by atoms with Crippen LogP contribution >= 0.6 is 11.3 Å². The molecule has 1 fully saturated rings. The average molecular weight is 319 g/mol. The summed E-state index contributed by atoms with van der Waals surface area (Å²) in [4.78, 5) is 27.4. The number of anilines is 1. The molecule has 7 heteroatoms. The summed E-state index contributed by atoms with van der Waals surface area (Å²) in [5.74, 6) is 0.814. The third kappa shape index (κ3) is 3.19. The normalized spacial score (nSPS) is 17.7. The van der Waals surface area contributed by atoms with Crippen LogP contribution in [0.2, 0.25) is 0 Å². The molecule has 0 saturated carbocycles. The van der Waals surface area contributed by atoms with Crippen molar-refractivity contribution in [2.24, 2.45) is 0 Å². The average Bonchev–Trinajstić information content (AvgIpc) is 3.19. The molecule has 0 radical (unpaired) electrons. The maximum atomic E-state index is 12.4. The zero-order valence-electron chi connectivity index (χ0n) is 12.2. The number of aryl methyl sites for hydroxylation is 1. The van der Waals surface area contributed by atoms with Crippen LogP contribution in [-0.4, -0.2) is 34.5 Å². The van der Waals surface area contributed by atoms with Gasteiger partial charge in [0.2, 0.25) is 11.8 Å². The van der Waals surface area contributed by atoms with E-state index in [1.165, 1.54) is 0 Å². The molecule has 6 nitrogen and oxygen atoms in total. The van der Waals surface area contributed by atoms with Gasteiger partial charge in [-0.3, -0.25) is 9.59 Å². The molecule has 3 rings (SSSR count). The molecule has 1 aliphatic heterocycles.